The minimum atomic E-state index is -3.70. The van der Waals surface area contributed by atoms with Crippen molar-refractivity contribution in [2.45, 2.75) is 0 Å². The number of benzene rings is 1. The fraction of sp³-hybridized carbons (Fsp3) is 0.111. The van der Waals surface area contributed by atoms with E-state index in [0.717, 1.165) is 6.26 Å². The monoisotopic (exact) mass is 255 g/mol. The van der Waals surface area contributed by atoms with E-state index in [1.807, 2.05) is 4.83 Å². The zero-order valence-electron chi connectivity index (χ0n) is 8.80. The van der Waals surface area contributed by atoms with Crippen LogP contribution in [0.5, 0.6) is 0 Å². The molecule has 8 heteroatoms. The van der Waals surface area contributed by atoms with Crippen LogP contribution in [0, 0.1) is 0 Å². The van der Waals surface area contributed by atoms with Crippen LogP contribution in [0.15, 0.2) is 33.9 Å². The molecular weight excluding hydrogens is 246 g/mol. The first kappa shape index (κ1) is 11.4. The molecule has 2 aromatic rings. The van der Waals surface area contributed by atoms with E-state index in [0.29, 0.717) is 10.2 Å². The molecule has 0 aliphatic carbocycles. The van der Waals surface area contributed by atoms with Gasteiger partial charge in [0.2, 0.25) is 10.0 Å². The van der Waals surface area contributed by atoms with Crippen molar-refractivity contribution in [2.75, 3.05) is 11.1 Å². The third-order valence-corrected chi connectivity index (χ3v) is 2.58. The molecule has 7 nitrogen and oxygen atoms in total. The van der Waals surface area contributed by atoms with Crippen molar-refractivity contribution < 1.29 is 8.42 Å². The van der Waals surface area contributed by atoms with Crippen LogP contribution in [0.2, 0.25) is 0 Å². The molecular formula is C9H9N3O4S. The molecule has 1 aromatic heterocycles. The SMILES string of the molecule is CS(=O)(=O)Nn1c(=O)[nH]c2ccccc2c1=O. The fourth-order valence-corrected chi connectivity index (χ4v) is 1.91. The first-order valence-electron chi connectivity index (χ1n) is 4.60. The standard InChI is InChI=1S/C9H9N3O4S/c1-17(15,16)11-12-8(13)6-4-2-3-5-7(6)10-9(12)14/h2-5,11H,1H3,(H,10,14). The Morgan fingerprint density at radius 1 is 1.24 bits per heavy atom. The molecule has 0 radical (unpaired) electrons. The van der Waals surface area contributed by atoms with Crippen molar-refractivity contribution in [3.8, 4) is 0 Å². The van der Waals surface area contributed by atoms with Gasteiger partial charge in [-0.25, -0.2) is 18.0 Å². The van der Waals surface area contributed by atoms with Crippen LogP contribution >= 0.6 is 0 Å². The number of aromatic amines is 1. The van der Waals surface area contributed by atoms with Crippen molar-refractivity contribution >= 4 is 20.9 Å². The van der Waals surface area contributed by atoms with Gasteiger partial charge in [-0.3, -0.25) is 4.79 Å². The summed E-state index contributed by atoms with van der Waals surface area (Å²) in [5.74, 6) is 0. The van der Waals surface area contributed by atoms with E-state index in [-0.39, 0.29) is 5.39 Å². The maximum Gasteiger partial charge on any atom is 0.348 e. The predicted octanol–water partition coefficient (Wildman–Crippen LogP) is -0.807. The summed E-state index contributed by atoms with van der Waals surface area (Å²) in [7, 11) is -3.70. The highest BCUT2D eigenvalue weighted by Gasteiger charge is 2.10. The third-order valence-electron chi connectivity index (χ3n) is 2.06. The third kappa shape index (κ3) is 2.21. The number of nitrogens with zero attached hydrogens (tertiary/aromatic N) is 1. The quantitative estimate of drug-likeness (QED) is 0.733. The molecule has 17 heavy (non-hydrogen) atoms. The molecule has 2 N–H and O–H groups in total. The summed E-state index contributed by atoms with van der Waals surface area (Å²) in [5, 5.41) is 0.225. The van der Waals surface area contributed by atoms with E-state index < -0.39 is 21.3 Å². The van der Waals surface area contributed by atoms with Crippen molar-refractivity contribution in [1.82, 2.24) is 9.66 Å². The van der Waals surface area contributed by atoms with Crippen molar-refractivity contribution in [3.63, 3.8) is 0 Å². The molecule has 0 aliphatic rings. The molecule has 0 amide bonds. The van der Waals surface area contributed by atoms with Crippen LogP contribution in [0.4, 0.5) is 0 Å². The molecule has 0 atom stereocenters. The summed E-state index contributed by atoms with van der Waals surface area (Å²) in [6.45, 7) is 0. The molecule has 0 aliphatic heterocycles. The van der Waals surface area contributed by atoms with E-state index in [9.17, 15) is 18.0 Å². The van der Waals surface area contributed by atoms with Gasteiger partial charge in [-0.05, 0) is 12.1 Å². The Balaban J connectivity index is 2.82. The minimum Gasteiger partial charge on any atom is -0.305 e. The number of hydrogen-bond donors (Lipinski definition) is 2. The first-order valence-corrected chi connectivity index (χ1v) is 6.49. The van der Waals surface area contributed by atoms with Gasteiger partial charge in [0.25, 0.3) is 5.56 Å². The molecule has 0 unspecified atom stereocenters. The number of fused-ring (bicyclic) bond motifs is 1. The number of aromatic nitrogens is 2. The van der Waals surface area contributed by atoms with Crippen LogP contribution in [-0.2, 0) is 10.0 Å². The van der Waals surface area contributed by atoms with Gasteiger partial charge in [-0.2, -0.15) is 4.68 Å². The number of H-pyrrole nitrogens is 1. The molecule has 1 aromatic carbocycles. The van der Waals surface area contributed by atoms with Gasteiger partial charge in [0.05, 0.1) is 17.2 Å². The summed E-state index contributed by atoms with van der Waals surface area (Å²) < 4.78 is 22.5. The maximum absolute atomic E-state index is 11.8. The number of sulfonamides is 1. The van der Waals surface area contributed by atoms with Gasteiger partial charge < -0.3 is 4.98 Å². The predicted molar refractivity (Wildman–Crippen MR) is 63.0 cm³/mol. The smallest absolute Gasteiger partial charge is 0.305 e. The summed E-state index contributed by atoms with van der Waals surface area (Å²) in [6.07, 6.45) is 0.855. The summed E-state index contributed by atoms with van der Waals surface area (Å²) in [6, 6.07) is 6.33. The Kier molecular flexibility index (Phi) is 2.50. The lowest BCUT2D eigenvalue weighted by Gasteiger charge is -2.06. The van der Waals surface area contributed by atoms with Crippen LogP contribution in [0.25, 0.3) is 10.9 Å². The average molecular weight is 255 g/mol. The van der Waals surface area contributed by atoms with Crippen LogP contribution in [0.3, 0.4) is 0 Å². The zero-order chi connectivity index (χ0) is 12.6. The number of nitrogens with one attached hydrogen (secondary N) is 2. The van der Waals surface area contributed by atoms with Gasteiger partial charge in [0.15, 0.2) is 0 Å². The Hall–Kier alpha value is -2.09. The second-order valence-corrected chi connectivity index (χ2v) is 5.21. The topological polar surface area (TPSA) is 101 Å². The minimum absolute atomic E-state index is 0.225. The second-order valence-electron chi connectivity index (χ2n) is 3.48. The lowest BCUT2D eigenvalue weighted by Crippen LogP contribution is -2.43. The highest BCUT2D eigenvalue weighted by atomic mass is 32.2. The van der Waals surface area contributed by atoms with Crippen molar-refractivity contribution in [3.05, 3.63) is 45.1 Å². The van der Waals surface area contributed by atoms with E-state index >= 15 is 0 Å². The molecule has 2 rings (SSSR count). The van der Waals surface area contributed by atoms with Gasteiger partial charge in [-0.1, -0.05) is 12.1 Å². The molecule has 0 saturated heterocycles. The van der Waals surface area contributed by atoms with E-state index in [2.05, 4.69) is 4.98 Å². The Labute approximate surface area is 95.7 Å². The summed E-state index contributed by atoms with van der Waals surface area (Å²) in [4.78, 5) is 27.6. The maximum atomic E-state index is 11.8. The second kappa shape index (κ2) is 3.74. The highest BCUT2D eigenvalue weighted by molar-refractivity contribution is 7.91. The van der Waals surface area contributed by atoms with Gasteiger partial charge in [0.1, 0.15) is 0 Å². The largest absolute Gasteiger partial charge is 0.348 e. The average Bonchev–Trinajstić information content (AvgIpc) is 2.23. The number of rotatable bonds is 2. The first-order chi connectivity index (χ1) is 7.88. The summed E-state index contributed by atoms with van der Waals surface area (Å²) >= 11 is 0. The lowest BCUT2D eigenvalue weighted by atomic mass is 10.2. The van der Waals surface area contributed by atoms with Crippen LogP contribution in [-0.4, -0.2) is 24.3 Å². The molecule has 0 bridgehead atoms. The highest BCUT2D eigenvalue weighted by Crippen LogP contribution is 2.02. The Bertz CT molecular complexity index is 788. The number of hydrogen-bond acceptors (Lipinski definition) is 4. The molecule has 1 heterocycles. The normalized spacial score (nSPS) is 11.6. The molecule has 0 fully saturated rings. The van der Waals surface area contributed by atoms with Crippen molar-refractivity contribution in [1.29, 1.82) is 0 Å². The Morgan fingerprint density at radius 2 is 1.88 bits per heavy atom. The van der Waals surface area contributed by atoms with E-state index in [1.54, 1.807) is 18.2 Å². The van der Waals surface area contributed by atoms with E-state index in [1.165, 1.54) is 6.07 Å². The van der Waals surface area contributed by atoms with Gasteiger partial charge in [-0.15, -0.1) is 0 Å². The van der Waals surface area contributed by atoms with Crippen LogP contribution < -0.4 is 16.1 Å². The molecule has 0 spiro atoms. The van der Waals surface area contributed by atoms with Crippen LogP contribution in [0.1, 0.15) is 0 Å². The zero-order valence-corrected chi connectivity index (χ0v) is 9.61. The fourth-order valence-electron chi connectivity index (χ4n) is 1.41. The van der Waals surface area contributed by atoms with Gasteiger partial charge in [0, 0.05) is 0 Å². The molecule has 90 valence electrons. The molecule has 0 saturated carbocycles. The van der Waals surface area contributed by atoms with Gasteiger partial charge >= 0.3 is 5.69 Å². The number of para-hydroxylation sites is 1. The summed E-state index contributed by atoms with van der Waals surface area (Å²) in [5.41, 5.74) is -1.19. The van der Waals surface area contributed by atoms with Crippen molar-refractivity contribution in [2.24, 2.45) is 0 Å². The van der Waals surface area contributed by atoms with E-state index in [4.69, 9.17) is 0 Å². The lowest BCUT2D eigenvalue weighted by molar-refractivity contribution is 0.598. The Morgan fingerprint density at radius 3 is 2.53 bits per heavy atom.